The van der Waals surface area contributed by atoms with Crippen LogP contribution < -0.4 is 0 Å². The molecule has 0 radical (unpaired) electrons. The Labute approximate surface area is 75.4 Å². The number of furan rings is 1. The van der Waals surface area contributed by atoms with Crippen LogP contribution in [0.3, 0.4) is 0 Å². The third kappa shape index (κ3) is 1.01. The van der Waals surface area contributed by atoms with Gasteiger partial charge in [-0.25, -0.2) is 0 Å². The second-order valence-corrected chi connectivity index (χ2v) is 2.41. The lowest BCUT2D eigenvalue weighted by molar-refractivity contribution is 0.0989. The molecular weight excluding hydrogens is 152 g/mol. The van der Waals surface area contributed by atoms with E-state index in [1.165, 1.54) is 13.0 Å². The van der Waals surface area contributed by atoms with Crippen molar-refractivity contribution in [2.24, 2.45) is 0 Å². The molecule has 0 aliphatic heterocycles. The van der Waals surface area contributed by atoms with Gasteiger partial charge in [0.05, 0.1) is 5.48 Å². The van der Waals surface area contributed by atoms with Crippen LogP contribution in [0.2, 0.25) is 0 Å². The smallest absolute Gasteiger partial charge is 0.194 e. The van der Waals surface area contributed by atoms with Crippen molar-refractivity contribution in [3.05, 3.63) is 36.0 Å². The van der Waals surface area contributed by atoms with Crippen molar-refractivity contribution in [3.8, 4) is 0 Å². The zero-order chi connectivity index (χ0) is 12.0. The van der Waals surface area contributed by atoms with Gasteiger partial charge >= 0.3 is 0 Å². The van der Waals surface area contributed by atoms with Crippen LogP contribution in [0, 0.1) is 0 Å². The molecule has 0 unspecified atom stereocenters. The van der Waals surface area contributed by atoms with Crippen LogP contribution in [0.1, 0.15) is 23.0 Å². The van der Waals surface area contributed by atoms with E-state index in [9.17, 15) is 4.79 Å². The fourth-order valence-electron chi connectivity index (χ4n) is 0.937. The summed E-state index contributed by atoms with van der Waals surface area (Å²) in [4.78, 5) is 11.1. The van der Waals surface area contributed by atoms with Crippen molar-refractivity contribution in [3.63, 3.8) is 0 Å². The highest BCUT2D eigenvalue weighted by atomic mass is 16.3. The van der Waals surface area contributed by atoms with Crippen molar-refractivity contribution in [2.75, 3.05) is 0 Å². The lowest BCUT2D eigenvalue weighted by atomic mass is 10.2. The zero-order valence-corrected chi connectivity index (χ0v) is 6.39. The fraction of sp³-hybridized carbons (Fsp3) is 0.100. The van der Waals surface area contributed by atoms with Crippen LogP contribution in [0.4, 0.5) is 0 Å². The zero-order valence-electron chi connectivity index (χ0n) is 10.4. The van der Waals surface area contributed by atoms with Crippen molar-refractivity contribution in [1.82, 2.24) is 0 Å². The van der Waals surface area contributed by atoms with E-state index >= 15 is 0 Å². The Bertz CT molecular complexity index is 556. The van der Waals surface area contributed by atoms with E-state index in [1.807, 2.05) is 0 Å². The maximum Gasteiger partial charge on any atom is 0.194 e. The van der Waals surface area contributed by atoms with E-state index in [4.69, 9.17) is 9.90 Å². The molecule has 0 spiro atoms. The summed E-state index contributed by atoms with van der Waals surface area (Å²) >= 11 is 0. The van der Waals surface area contributed by atoms with Crippen molar-refractivity contribution in [2.45, 2.75) is 6.92 Å². The molecular formula is C10H8O2. The normalized spacial score (nSPS) is 15.1. The van der Waals surface area contributed by atoms with Crippen LogP contribution in [0.5, 0.6) is 0 Å². The van der Waals surface area contributed by atoms with Crippen LogP contribution in [-0.4, -0.2) is 5.78 Å². The highest BCUT2D eigenvalue weighted by Gasteiger charge is 2.05. The monoisotopic (exact) mass is 164 g/mol. The Kier molecular flexibility index (Phi) is 0.806. The van der Waals surface area contributed by atoms with Gasteiger partial charge in [-0.3, -0.25) is 4.79 Å². The molecule has 60 valence electrons. The number of carbonyl (C=O) groups excluding carboxylic acids is 1. The minimum Gasteiger partial charge on any atom is -0.453 e. The number of hydrogen-bond donors (Lipinski definition) is 0. The molecule has 0 aliphatic carbocycles. The minimum absolute atomic E-state index is 0.0243. The summed E-state index contributed by atoms with van der Waals surface area (Å²) in [5.74, 6) is -0.268. The molecule has 1 aromatic heterocycles. The Morgan fingerprint density at radius 2 is 2.25 bits per heavy atom. The fourth-order valence-corrected chi connectivity index (χ4v) is 0.937. The molecule has 1 heterocycles. The molecule has 0 saturated heterocycles. The van der Waals surface area contributed by atoms with Gasteiger partial charge in [0, 0.05) is 12.3 Å². The first kappa shape index (κ1) is 3.90. The molecule has 0 amide bonds. The van der Waals surface area contributed by atoms with Crippen LogP contribution in [-0.2, 0) is 0 Å². The van der Waals surface area contributed by atoms with E-state index in [1.54, 1.807) is 0 Å². The summed E-state index contributed by atoms with van der Waals surface area (Å²) in [6.07, 6.45) is 0. The van der Waals surface area contributed by atoms with E-state index in [-0.39, 0.29) is 46.7 Å². The van der Waals surface area contributed by atoms with Gasteiger partial charge in [0.25, 0.3) is 0 Å². The van der Waals surface area contributed by atoms with E-state index in [0.717, 1.165) is 0 Å². The summed E-state index contributed by atoms with van der Waals surface area (Å²) < 4.78 is 35.2. The van der Waals surface area contributed by atoms with E-state index in [0.29, 0.717) is 0 Å². The Balaban J connectivity index is 2.92. The third-order valence-corrected chi connectivity index (χ3v) is 1.51. The van der Waals surface area contributed by atoms with Gasteiger partial charge in [-0.1, -0.05) is 18.1 Å². The maximum atomic E-state index is 11.1. The molecule has 0 aliphatic rings. The minimum atomic E-state index is -0.359. The molecule has 1 aromatic carbocycles. The average molecular weight is 164 g/mol. The number of carbonyl (C=O) groups is 1. The first-order valence-corrected chi connectivity index (χ1v) is 3.44. The molecule has 2 heteroatoms. The summed E-state index contributed by atoms with van der Waals surface area (Å²) in [7, 11) is 0. The van der Waals surface area contributed by atoms with Crippen LogP contribution in [0.15, 0.2) is 34.7 Å². The lowest BCUT2D eigenvalue weighted by Crippen LogP contribution is -1.85. The average Bonchev–Trinajstić information content (AvgIpc) is 2.68. The number of hydrogen-bond acceptors (Lipinski definition) is 2. The van der Waals surface area contributed by atoms with E-state index in [2.05, 4.69) is 0 Å². The molecule has 0 bridgehead atoms. The third-order valence-electron chi connectivity index (χ3n) is 1.51. The highest BCUT2D eigenvalue weighted by molar-refractivity contribution is 5.95. The second kappa shape index (κ2) is 2.48. The topological polar surface area (TPSA) is 30.2 Å². The quantitative estimate of drug-likeness (QED) is 0.606. The summed E-state index contributed by atoms with van der Waals surface area (Å²) in [5.41, 5.74) is 0.0243. The molecule has 0 N–H and O–H groups in total. The van der Waals surface area contributed by atoms with Gasteiger partial charge in [0.15, 0.2) is 11.5 Å². The van der Waals surface area contributed by atoms with Crippen molar-refractivity contribution < 1.29 is 14.7 Å². The van der Waals surface area contributed by atoms with Crippen LogP contribution >= 0.6 is 0 Å². The number of Topliss-reactive ketones (excluding diaryl/α,β-unsaturated/α-hetero) is 1. The second-order valence-electron chi connectivity index (χ2n) is 2.41. The molecule has 0 saturated carbocycles. The van der Waals surface area contributed by atoms with Crippen molar-refractivity contribution in [1.29, 1.82) is 0 Å². The summed E-state index contributed by atoms with van der Waals surface area (Å²) in [6, 6.07) is 0.210. The Hall–Kier alpha value is -1.57. The summed E-state index contributed by atoms with van der Waals surface area (Å²) in [6.45, 7) is 1.31. The van der Waals surface area contributed by atoms with Gasteiger partial charge in [-0.15, -0.1) is 0 Å². The first-order chi connectivity index (χ1) is 7.43. The first-order valence-electron chi connectivity index (χ1n) is 5.44. The van der Waals surface area contributed by atoms with Crippen LogP contribution in [0.25, 0.3) is 11.0 Å². The van der Waals surface area contributed by atoms with Gasteiger partial charge in [0.2, 0.25) is 0 Å². The lowest BCUT2D eigenvalue weighted by Gasteiger charge is -1.83. The van der Waals surface area contributed by atoms with Crippen molar-refractivity contribution >= 4 is 16.8 Å². The number of fused-ring (bicyclic) bond motifs is 1. The molecule has 2 rings (SSSR count). The maximum absolute atomic E-state index is 11.1. The summed E-state index contributed by atoms with van der Waals surface area (Å²) in [5, 5.41) is 0.233. The van der Waals surface area contributed by atoms with Gasteiger partial charge in [-0.2, -0.15) is 0 Å². The molecule has 0 fully saturated rings. The number of benzene rings is 1. The predicted octanol–water partition coefficient (Wildman–Crippen LogP) is 2.64. The predicted molar refractivity (Wildman–Crippen MR) is 46.2 cm³/mol. The Morgan fingerprint density at radius 3 is 3.00 bits per heavy atom. The standard InChI is InChI=1S/C10H8O2/c1-7(11)10-6-8-4-2-3-5-9(8)12-10/h2-6H,1H3/i2D,3D,4D,5D. The van der Waals surface area contributed by atoms with Gasteiger partial charge in [0.1, 0.15) is 5.58 Å². The Morgan fingerprint density at radius 1 is 1.50 bits per heavy atom. The number of rotatable bonds is 1. The van der Waals surface area contributed by atoms with Gasteiger partial charge in [-0.05, 0) is 12.1 Å². The number of ketones is 1. The number of para-hydroxylation sites is 1. The van der Waals surface area contributed by atoms with Gasteiger partial charge < -0.3 is 4.42 Å². The highest BCUT2D eigenvalue weighted by Crippen LogP contribution is 2.18. The molecule has 2 aromatic rings. The SMILES string of the molecule is [2H]c1c([2H])c([2H])c2oc(C(C)=O)cc2c1[2H]. The molecule has 12 heavy (non-hydrogen) atoms. The largest absolute Gasteiger partial charge is 0.453 e. The van der Waals surface area contributed by atoms with E-state index < -0.39 is 0 Å². The molecule has 2 nitrogen and oxygen atoms in total. The molecule has 0 atom stereocenters.